The van der Waals surface area contributed by atoms with Crippen molar-refractivity contribution in [2.24, 2.45) is 5.92 Å². The van der Waals surface area contributed by atoms with Crippen LogP contribution < -0.4 is 4.74 Å². The van der Waals surface area contributed by atoms with Crippen molar-refractivity contribution in [2.45, 2.75) is 45.1 Å². The van der Waals surface area contributed by atoms with Gasteiger partial charge in [-0.15, -0.1) is 0 Å². The summed E-state index contributed by atoms with van der Waals surface area (Å²) in [6, 6.07) is 14.2. The molecule has 0 heterocycles. The Morgan fingerprint density at radius 2 is 1.86 bits per heavy atom. The number of carbonyl (C=O) groups excluding carboxylic acids is 2. The molecule has 148 valence electrons. The molecule has 1 aliphatic rings. The monoisotopic (exact) mass is 400 g/mol. The molecule has 0 amide bonds. The first-order valence-electron chi connectivity index (χ1n) is 9.80. The molecule has 2 unspecified atom stereocenters. The summed E-state index contributed by atoms with van der Waals surface area (Å²) in [6.07, 6.45) is 4.33. The largest absolute Gasteiger partial charge is 0.490 e. The lowest BCUT2D eigenvalue weighted by Gasteiger charge is -2.31. The van der Waals surface area contributed by atoms with Crippen molar-refractivity contribution in [3.8, 4) is 5.75 Å². The van der Waals surface area contributed by atoms with Crippen LogP contribution in [0.25, 0.3) is 0 Å². The van der Waals surface area contributed by atoms with Gasteiger partial charge in [-0.3, -0.25) is 9.59 Å². The van der Waals surface area contributed by atoms with Crippen molar-refractivity contribution < 1.29 is 19.1 Å². The van der Waals surface area contributed by atoms with Crippen LogP contribution in [0.3, 0.4) is 0 Å². The maximum atomic E-state index is 12.8. The number of rotatable bonds is 7. The molecule has 4 nitrogen and oxygen atoms in total. The summed E-state index contributed by atoms with van der Waals surface area (Å²) in [5, 5.41) is 0.431. The summed E-state index contributed by atoms with van der Waals surface area (Å²) < 4.78 is 11.3. The highest BCUT2D eigenvalue weighted by Crippen LogP contribution is 2.31. The second-order valence-electron chi connectivity index (χ2n) is 7.05. The van der Waals surface area contributed by atoms with Crippen molar-refractivity contribution in [1.29, 1.82) is 0 Å². The van der Waals surface area contributed by atoms with Crippen molar-refractivity contribution >= 4 is 23.4 Å². The van der Waals surface area contributed by atoms with Gasteiger partial charge in [-0.1, -0.05) is 42.3 Å². The lowest BCUT2D eigenvalue weighted by atomic mass is 9.84. The van der Waals surface area contributed by atoms with E-state index in [2.05, 4.69) is 0 Å². The van der Waals surface area contributed by atoms with E-state index < -0.39 is 0 Å². The summed E-state index contributed by atoms with van der Waals surface area (Å²) in [5.41, 5.74) is 1.00. The van der Waals surface area contributed by atoms with Gasteiger partial charge in [-0.05, 0) is 50.5 Å². The fourth-order valence-corrected chi connectivity index (χ4v) is 3.90. The number of ether oxygens (including phenoxy) is 2. The molecule has 0 radical (unpaired) electrons. The summed E-state index contributed by atoms with van der Waals surface area (Å²) in [5.74, 6) is 0.461. The van der Waals surface area contributed by atoms with Gasteiger partial charge in [-0.2, -0.15) is 0 Å². The summed E-state index contributed by atoms with van der Waals surface area (Å²) >= 11 is 6.16. The Hall–Kier alpha value is -2.33. The zero-order valence-corrected chi connectivity index (χ0v) is 16.8. The number of benzene rings is 2. The van der Waals surface area contributed by atoms with Crippen LogP contribution in [0.4, 0.5) is 0 Å². The Labute approximate surface area is 170 Å². The topological polar surface area (TPSA) is 52.6 Å². The van der Waals surface area contributed by atoms with Gasteiger partial charge in [0.1, 0.15) is 11.9 Å². The number of hydrogen-bond acceptors (Lipinski definition) is 4. The van der Waals surface area contributed by atoms with E-state index in [9.17, 15) is 9.59 Å². The maximum Gasteiger partial charge on any atom is 0.306 e. The standard InChI is InChI=1S/C23H25ClO4/c1-2-27-22(25)15-16-8-3-6-13-21(16)28-18-10-7-9-17(14-18)23(26)19-11-4-5-12-20(19)24/h4-5,7,9-12,14,16,21H,2-3,6,8,13,15H2,1H3. The Kier molecular flexibility index (Phi) is 7.10. The molecule has 1 fully saturated rings. The second-order valence-corrected chi connectivity index (χ2v) is 7.45. The normalized spacial score (nSPS) is 19.1. The summed E-state index contributed by atoms with van der Waals surface area (Å²) in [6.45, 7) is 2.21. The fourth-order valence-electron chi connectivity index (χ4n) is 3.68. The number of halogens is 1. The minimum atomic E-state index is -0.175. The van der Waals surface area contributed by atoms with Gasteiger partial charge >= 0.3 is 5.97 Å². The third-order valence-corrected chi connectivity index (χ3v) is 5.41. The molecular formula is C23H25ClO4. The van der Waals surface area contributed by atoms with E-state index in [1.54, 1.807) is 36.4 Å². The average molecular weight is 401 g/mol. The zero-order valence-electron chi connectivity index (χ0n) is 16.0. The van der Waals surface area contributed by atoms with Crippen molar-refractivity contribution in [1.82, 2.24) is 0 Å². The molecule has 0 saturated heterocycles. The molecule has 28 heavy (non-hydrogen) atoms. The molecule has 2 aromatic rings. The second kappa shape index (κ2) is 9.74. The Bertz CT molecular complexity index is 833. The van der Waals surface area contributed by atoms with Crippen molar-refractivity contribution in [3.05, 3.63) is 64.7 Å². The molecule has 3 rings (SSSR count). The molecule has 0 bridgehead atoms. The van der Waals surface area contributed by atoms with Crippen LogP contribution in [0.15, 0.2) is 48.5 Å². The summed E-state index contributed by atoms with van der Waals surface area (Å²) in [4.78, 5) is 24.7. The van der Waals surface area contributed by atoms with Crippen molar-refractivity contribution in [2.75, 3.05) is 6.61 Å². The van der Waals surface area contributed by atoms with Gasteiger partial charge < -0.3 is 9.47 Å². The first-order chi connectivity index (χ1) is 13.6. The highest BCUT2D eigenvalue weighted by atomic mass is 35.5. The quantitative estimate of drug-likeness (QED) is 0.457. The third-order valence-electron chi connectivity index (χ3n) is 5.08. The molecule has 2 aromatic carbocycles. The third kappa shape index (κ3) is 5.14. The van der Waals surface area contributed by atoms with Gasteiger partial charge in [0, 0.05) is 17.0 Å². The van der Waals surface area contributed by atoms with E-state index in [0.717, 1.165) is 25.7 Å². The lowest BCUT2D eigenvalue weighted by Crippen LogP contribution is -2.32. The molecule has 2 atom stereocenters. The van der Waals surface area contributed by atoms with E-state index in [4.69, 9.17) is 21.1 Å². The van der Waals surface area contributed by atoms with Crippen molar-refractivity contribution in [3.63, 3.8) is 0 Å². The molecule has 0 spiro atoms. The zero-order chi connectivity index (χ0) is 19.9. The van der Waals surface area contributed by atoms with Gasteiger partial charge in [0.05, 0.1) is 18.1 Å². The molecule has 1 aliphatic carbocycles. The lowest BCUT2D eigenvalue weighted by molar-refractivity contribution is -0.145. The molecule has 0 aliphatic heterocycles. The average Bonchev–Trinajstić information content (AvgIpc) is 2.70. The van der Waals surface area contributed by atoms with E-state index in [-0.39, 0.29) is 23.8 Å². The SMILES string of the molecule is CCOC(=O)CC1CCCCC1Oc1cccc(C(=O)c2ccccc2Cl)c1. The maximum absolute atomic E-state index is 12.8. The fraction of sp³-hybridized carbons (Fsp3) is 0.391. The molecule has 0 N–H and O–H groups in total. The first kappa shape index (κ1) is 20.4. The predicted octanol–water partition coefficient (Wildman–Crippen LogP) is 5.46. The van der Waals surface area contributed by atoms with Gasteiger partial charge in [0.2, 0.25) is 0 Å². The number of esters is 1. The minimum absolute atomic E-state index is 0.0520. The van der Waals surface area contributed by atoms with Gasteiger partial charge in [-0.25, -0.2) is 0 Å². The van der Waals surface area contributed by atoms with Gasteiger partial charge in [0.15, 0.2) is 5.78 Å². The predicted molar refractivity (Wildman–Crippen MR) is 109 cm³/mol. The highest BCUT2D eigenvalue weighted by molar-refractivity contribution is 6.35. The van der Waals surface area contributed by atoms with Crippen LogP contribution >= 0.6 is 11.6 Å². The number of hydrogen-bond donors (Lipinski definition) is 0. The van der Waals surface area contributed by atoms with Crippen LogP contribution in [0.1, 0.15) is 54.9 Å². The molecular weight excluding hydrogens is 376 g/mol. The van der Waals surface area contributed by atoms with E-state index in [1.807, 2.05) is 19.1 Å². The summed E-state index contributed by atoms with van der Waals surface area (Å²) in [7, 11) is 0. The van der Waals surface area contributed by atoms with E-state index >= 15 is 0 Å². The molecule has 1 saturated carbocycles. The molecule has 0 aromatic heterocycles. The van der Waals surface area contributed by atoms with E-state index in [0.29, 0.717) is 34.9 Å². The van der Waals surface area contributed by atoms with Crippen LogP contribution in [0.2, 0.25) is 5.02 Å². The first-order valence-corrected chi connectivity index (χ1v) is 10.2. The highest BCUT2D eigenvalue weighted by Gasteiger charge is 2.29. The van der Waals surface area contributed by atoms with Crippen LogP contribution in [0, 0.1) is 5.92 Å². The van der Waals surface area contributed by atoms with E-state index in [1.165, 1.54) is 0 Å². The van der Waals surface area contributed by atoms with Crippen LogP contribution in [0.5, 0.6) is 5.75 Å². The minimum Gasteiger partial charge on any atom is -0.490 e. The van der Waals surface area contributed by atoms with Crippen LogP contribution in [-0.4, -0.2) is 24.5 Å². The number of carbonyl (C=O) groups is 2. The Balaban J connectivity index is 1.73. The van der Waals surface area contributed by atoms with Gasteiger partial charge in [0.25, 0.3) is 0 Å². The molecule has 5 heteroatoms. The Morgan fingerprint density at radius 1 is 1.07 bits per heavy atom. The number of ketones is 1. The Morgan fingerprint density at radius 3 is 2.64 bits per heavy atom. The smallest absolute Gasteiger partial charge is 0.306 e. The van der Waals surface area contributed by atoms with Crippen LogP contribution in [-0.2, 0) is 9.53 Å².